The van der Waals surface area contributed by atoms with Crippen LogP contribution in [-0.4, -0.2) is 29.1 Å². The van der Waals surface area contributed by atoms with Gasteiger partial charge in [-0.15, -0.1) is 0 Å². The maximum absolute atomic E-state index is 11.8. The van der Waals surface area contributed by atoms with E-state index < -0.39 is 0 Å². The van der Waals surface area contributed by atoms with Crippen LogP contribution in [0.3, 0.4) is 0 Å². The van der Waals surface area contributed by atoms with E-state index in [9.17, 15) is 4.79 Å². The molecule has 0 aromatic heterocycles. The first-order valence-electron chi connectivity index (χ1n) is 6.09. The van der Waals surface area contributed by atoms with Crippen molar-refractivity contribution in [1.29, 1.82) is 0 Å². The Morgan fingerprint density at radius 2 is 2.00 bits per heavy atom. The smallest absolute Gasteiger partial charge is 0.234 e. The maximum atomic E-state index is 11.8. The topological polar surface area (TPSA) is 49.3 Å². The number of para-hydroxylation sites is 1. The SMILES string of the molecule is Cc1cccc(C)c1NC(=O)CSCC(C)CO. The van der Waals surface area contributed by atoms with Gasteiger partial charge in [0.05, 0.1) is 5.75 Å². The van der Waals surface area contributed by atoms with E-state index in [1.807, 2.05) is 39.0 Å². The number of aliphatic hydroxyl groups excluding tert-OH is 1. The van der Waals surface area contributed by atoms with Crippen molar-refractivity contribution in [3.63, 3.8) is 0 Å². The molecule has 1 aromatic rings. The number of hydrogen-bond acceptors (Lipinski definition) is 3. The van der Waals surface area contributed by atoms with Crippen LogP contribution in [0.1, 0.15) is 18.1 Å². The molecule has 1 amide bonds. The molecule has 1 unspecified atom stereocenters. The molecule has 0 aliphatic carbocycles. The summed E-state index contributed by atoms with van der Waals surface area (Å²) in [5, 5.41) is 11.8. The molecular formula is C14H21NO2S. The number of anilines is 1. The van der Waals surface area contributed by atoms with Gasteiger partial charge in [-0.05, 0) is 36.6 Å². The number of benzene rings is 1. The Balaban J connectivity index is 2.45. The molecule has 1 aromatic carbocycles. The second-order valence-corrected chi connectivity index (χ2v) is 5.65. The normalized spacial score (nSPS) is 12.2. The fraction of sp³-hybridized carbons (Fsp3) is 0.500. The van der Waals surface area contributed by atoms with E-state index in [0.29, 0.717) is 5.75 Å². The number of nitrogens with one attached hydrogen (secondary N) is 1. The van der Waals surface area contributed by atoms with Crippen LogP contribution in [0.2, 0.25) is 0 Å². The van der Waals surface area contributed by atoms with Crippen molar-refractivity contribution in [3.05, 3.63) is 29.3 Å². The minimum absolute atomic E-state index is 0.0162. The highest BCUT2D eigenvalue weighted by Crippen LogP contribution is 2.19. The molecule has 0 spiro atoms. The highest BCUT2D eigenvalue weighted by Gasteiger charge is 2.08. The number of carbonyl (C=O) groups is 1. The average Bonchev–Trinajstić information content (AvgIpc) is 2.34. The van der Waals surface area contributed by atoms with E-state index in [1.54, 1.807) is 11.8 Å². The zero-order chi connectivity index (χ0) is 13.5. The molecule has 0 saturated carbocycles. The number of carbonyl (C=O) groups excluding carboxylic acids is 1. The Kier molecular flexibility index (Phi) is 6.22. The van der Waals surface area contributed by atoms with Crippen molar-refractivity contribution in [1.82, 2.24) is 0 Å². The minimum atomic E-state index is 0.0162. The molecule has 0 radical (unpaired) electrons. The summed E-state index contributed by atoms with van der Waals surface area (Å²) in [6.07, 6.45) is 0. The molecule has 18 heavy (non-hydrogen) atoms. The van der Waals surface area contributed by atoms with E-state index >= 15 is 0 Å². The number of aliphatic hydroxyl groups is 1. The standard InChI is InChI=1S/C14H21NO2S/c1-10(7-16)8-18-9-13(17)15-14-11(2)5-4-6-12(14)3/h4-6,10,16H,7-9H2,1-3H3,(H,15,17). The van der Waals surface area contributed by atoms with Crippen molar-refractivity contribution < 1.29 is 9.90 Å². The number of thioether (sulfide) groups is 1. The predicted octanol–water partition coefficient (Wildman–Crippen LogP) is 2.60. The van der Waals surface area contributed by atoms with E-state index in [4.69, 9.17) is 5.11 Å². The number of aryl methyl sites for hydroxylation is 2. The van der Waals surface area contributed by atoms with Crippen LogP contribution in [0.4, 0.5) is 5.69 Å². The van der Waals surface area contributed by atoms with Gasteiger partial charge in [0, 0.05) is 12.3 Å². The van der Waals surface area contributed by atoms with Crippen LogP contribution in [0.25, 0.3) is 0 Å². The molecule has 0 heterocycles. The van der Waals surface area contributed by atoms with Gasteiger partial charge in [0.2, 0.25) is 5.91 Å². The molecule has 2 N–H and O–H groups in total. The van der Waals surface area contributed by atoms with Crippen LogP contribution in [-0.2, 0) is 4.79 Å². The van der Waals surface area contributed by atoms with Crippen molar-refractivity contribution >= 4 is 23.4 Å². The largest absolute Gasteiger partial charge is 0.396 e. The van der Waals surface area contributed by atoms with Crippen LogP contribution in [0, 0.1) is 19.8 Å². The quantitative estimate of drug-likeness (QED) is 0.833. The summed E-state index contributed by atoms with van der Waals surface area (Å²) in [7, 11) is 0. The van der Waals surface area contributed by atoms with E-state index in [-0.39, 0.29) is 18.4 Å². The lowest BCUT2D eigenvalue weighted by molar-refractivity contribution is -0.113. The van der Waals surface area contributed by atoms with Crippen molar-refractivity contribution in [2.45, 2.75) is 20.8 Å². The summed E-state index contributed by atoms with van der Waals surface area (Å²) in [4.78, 5) is 11.8. The summed E-state index contributed by atoms with van der Waals surface area (Å²) >= 11 is 1.55. The lowest BCUT2D eigenvalue weighted by Crippen LogP contribution is -2.17. The van der Waals surface area contributed by atoms with E-state index in [2.05, 4.69) is 5.32 Å². The first kappa shape index (κ1) is 15.1. The number of rotatable bonds is 6. The monoisotopic (exact) mass is 267 g/mol. The van der Waals surface area contributed by atoms with Crippen molar-refractivity contribution in [2.24, 2.45) is 5.92 Å². The molecule has 4 heteroatoms. The highest BCUT2D eigenvalue weighted by molar-refractivity contribution is 7.99. The zero-order valence-electron chi connectivity index (χ0n) is 11.2. The van der Waals surface area contributed by atoms with Gasteiger partial charge in [0.25, 0.3) is 0 Å². The molecule has 1 atom stereocenters. The van der Waals surface area contributed by atoms with Crippen LogP contribution in [0.5, 0.6) is 0 Å². The first-order valence-corrected chi connectivity index (χ1v) is 7.24. The third-order valence-corrected chi connectivity index (χ3v) is 3.96. The van der Waals surface area contributed by atoms with Gasteiger partial charge >= 0.3 is 0 Å². The fourth-order valence-electron chi connectivity index (χ4n) is 1.59. The van der Waals surface area contributed by atoms with Gasteiger partial charge in [-0.1, -0.05) is 25.1 Å². The third kappa shape index (κ3) is 4.70. The van der Waals surface area contributed by atoms with Gasteiger partial charge in [-0.2, -0.15) is 11.8 Å². The Bertz CT molecular complexity index is 387. The maximum Gasteiger partial charge on any atom is 0.234 e. The summed E-state index contributed by atoms with van der Waals surface area (Å²) in [6, 6.07) is 5.96. The van der Waals surface area contributed by atoms with E-state index in [0.717, 1.165) is 22.6 Å². The minimum Gasteiger partial charge on any atom is -0.396 e. The third-order valence-electron chi connectivity index (χ3n) is 2.69. The number of amides is 1. The summed E-state index contributed by atoms with van der Waals surface area (Å²) in [5.74, 6) is 1.49. The molecule has 0 fully saturated rings. The first-order chi connectivity index (χ1) is 8.54. The van der Waals surface area contributed by atoms with Gasteiger partial charge in [0.15, 0.2) is 0 Å². The molecule has 1 rings (SSSR count). The molecule has 0 bridgehead atoms. The number of hydrogen-bond donors (Lipinski definition) is 2. The lowest BCUT2D eigenvalue weighted by atomic mass is 10.1. The van der Waals surface area contributed by atoms with Crippen LogP contribution in [0.15, 0.2) is 18.2 Å². The molecule has 0 saturated heterocycles. The molecule has 3 nitrogen and oxygen atoms in total. The van der Waals surface area contributed by atoms with Crippen LogP contribution < -0.4 is 5.32 Å². The second-order valence-electron chi connectivity index (χ2n) is 4.62. The van der Waals surface area contributed by atoms with Crippen molar-refractivity contribution in [3.8, 4) is 0 Å². The van der Waals surface area contributed by atoms with E-state index in [1.165, 1.54) is 0 Å². The Labute approximate surface area is 113 Å². The Morgan fingerprint density at radius 3 is 2.56 bits per heavy atom. The summed E-state index contributed by atoms with van der Waals surface area (Å²) < 4.78 is 0. The van der Waals surface area contributed by atoms with Gasteiger partial charge < -0.3 is 10.4 Å². The average molecular weight is 267 g/mol. The van der Waals surface area contributed by atoms with Gasteiger partial charge in [0.1, 0.15) is 0 Å². The Hall–Kier alpha value is -1.000. The predicted molar refractivity (Wildman–Crippen MR) is 78.1 cm³/mol. The second kappa shape index (κ2) is 7.44. The van der Waals surface area contributed by atoms with Gasteiger partial charge in [-0.3, -0.25) is 4.79 Å². The summed E-state index contributed by atoms with van der Waals surface area (Å²) in [5.41, 5.74) is 3.08. The molecule has 0 aliphatic rings. The van der Waals surface area contributed by atoms with Crippen molar-refractivity contribution in [2.75, 3.05) is 23.4 Å². The zero-order valence-corrected chi connectivity index (χ0v) is 12.0. The molecule has 100 valence electrons. The summed E-state index contributed by atoms with van der Waals surface area (Å²) in [6.45, 7) is 6.12. The highest BCUT2D eigenvalue weighted by atomic mass is 32.2. The fourth-order valence-corrected chi connectivity index (χ4v) is 2.48. The lowest BCUT2D eigenvalue weighted by Gasteiger charge is -2.12. The molecular weight excluding hydrogens is 246 g/mol. The van der Waals surface area contributed by atoms with Crippen LogP contribution >= 0.6 is 11.8 Å². The Morgan fingerprint density at radius 1 is 1.39 bits per heavy atom. The van der Waals surface area contributed by atoms with Gasteiger partial charge in [-0.25, -0.2) is 0 Å². The molecule has 0 aliphatic heterocycles.